The van der Waals surface area contributed by atoms with Crippen molar-refractivity contribution in [2.75, 3.05) is 6.61 Å². The van der Waals surface area contributed by atoms with Gasteiger partial charge in [-0.1, -0.05) is 17.7 Å². The maximum absolute atomic E-state index is 11.0. The highest BCUT2D eigenvalue weighted by atomic mass is 16.3. The number of carbonyl (C=O) groups excluding carboxylic acids is 1. The fourth-order valence-electron chi connectivity index (χ4n) is 0.984. The van der Waals surface area contributed by atoms with Crippen LogP contribution in [0.5, 0.6) is 0 Å². The number of carbonyl (C=O) groups is 1. The van der Waals surface area contributed by atoms with E-state index in [1.54, 1.807) is 6.08 Å². The minimum absolute atomic E-state index is 0.0174. The number of aliphatic hydroxyl groups is 1. The van der Waals surface area contributed by atoms with E-state index >= 15 is 0 Å². The highest BCUT2D eigenvalue weighted by molar-refractivity contribution is 5.90. The van der Waals surface area contributed by atoms with E-state index in [0.717, 1.165) is 17.6 Å². The molecular weight excluding hydrogens is 152 g/mol. The van der Waals surface area contributed by atoms with Crippen molar-refractivity contribution in [3.63, 3.8) is 0 Å². The second kappa shape index (κ2) is 5.72. The van der Waals surface area contributed by atoms with Gasteiger partial charge in [0.15, 0.2) is 5.78 Å². The van der Waals surface area contributed by atoms with Gasteiger partial charge in [-0.3, -0.25) is 4.79 Å². The average molecular weight is 168 g/mol. The summed E-state index contributed by atoms with van der Waals surface area (Å²) in [4.78, 5) is 11.0. The molecule has 2 nitrogen and oxygen atoms in total. The number of hydrogen-bond acceptors (Lipinski definition) is 2. The average Bonchev–Trinajstić information content (AvgIpc) is 1.84. The van der Waals surface area contributed by atoms with Crippen LogP contribution in [0.2, 0.25) is 0 Å². The Bertz CT molecular complexity index is 202. The number of hydrogen-bond donors (Lipinski definition) is 1. The molecule has 0 atom stereocenters. The van der Waals surface area contributed by atoms with E-state index in [1.165, 1.54) is 0 Å². The molecule has 0 aromatic heterocycles. The molecule has 0 heterocycles. The molecule has 68 valence electrons. The lowest BCUT2D eigenvalue weighted by molar-refractivity contribution is -0.115. The molecule has 2 heteroatoms. The summed E-state index contributed by atoms with van der Waals surface area (Å²) in [5.41, 5.74) is 2.04. The molecule has 0 bridgehead atoms. The van der Waals surface area contributed by atoms with Gasteiger partial charge in [-0.2, -0.15) is 0 Å². The highest BCUT2D eigenvalue weighted by Gasteiger charge is 1.97. The van der Waals surface area contributed by atoms with E-state index in [2.05, 4.69) is 6.58 Å². The third kappa shape index (κ3) is 5.86. The zero-order valence-corrected chi connectivity index (χ0v) is 7.76. The molecule has 1 N–H and O–H groups in total. The van der Waals surface area contributed by atoms with Crippen molar-refractivity contribution in [3.8, 4) is 0 Å². The van der Waals surface area contributed by atoms with Crippen LogP contribution in [0.3, 0.4) is 0 Å². The van der Waals surface area contributed by atoms with Crippen LogP contribution in [0.4, 0.5) is 0 Å². The van der Waals surface area contributed by atoms with Crippen molar-refractivity contribution in [3.05, 3.63) is 23.8 Å². The first-order valence-electron chi connectivity index (χ1n) is 4.01. The van der Waals surface area contributed by atoms with Gasteiger partial charge in [0.2, 0.25) is 0 Å². The molecule has 0 aromatic rings. The molecule has 0 aliphatic carbocycles. The second-order valence-corrected chi connectivity index (χ2v) is 3.06. The van der Waals surface area contributed by atoms with Crippen molar-refractivity contribution in [2.45, 2.75) is 26.7 Å². The smallest absolute Gasteiger partial charge is 0.157 e. The van der Waals surface area contributed by atoms with Gasteiger partial charge in [-0.05, 0) is 26.3 Å². The van der Waals surface area contributed by atoms with Crippen molar-refractivity contribution >= 4 is 5.78 Å². The molecule has 12 heavy (non-hydrogen) atoms. The highest BCUT2D eigenvalue weighted by Crippen LogP contribution is 2.07. The number of aliphatic hydroxyl groups excluding tert-OH is 1. The molecule has 0 fully saturated rings. The van der Waals surface area contributed by atoms with Crippen molar-refractivity contribution in [2.24, 2.45) is 0 Å². The molecule has 0 unspecified atom stereocenters. The van der Waals surface area contributed by atoms with Gasteiger partial charge in [-0.15, -0.1) is 0 Å². The van der Waals surface area contributed by atoms with E-state index in [0.29, 0.717) is 0 Å². The maximum Gasteiger partial charge on any atom is 0.157 e. The lowest BCUT2D eigenvalue weighted by Crippen LogP contribution is -1.97. The zero-order chi connectivity index (χ0) is 9.56. The maximum atomic E-state index is 11.0. The number of allylic oxidation sites excluding steroid dienone is 3. The Labute approximate surface area is 73.6 Å². The summed E-state index contributed by atoms with van der Waals surface area (Å²) in [7, 11) is 0. The zero-order valence-electron chi connectivity index (χ0n) is 7.76. The normalized spacial score (nSPS) is 11.4. The second-order valence-electron chi connectivity index (χ2n) is 3.06. The van der Waals surface area contributed by atoms with E-state index in [-0.39, 0.29) is 18.8 Å². The Hall–Kier alpha value is -0.890. The largest absolute Gasteiger partial charge is 0.396 e. The van der Waals surface area contributed by atoms with Crippen molar-refractivity contribution in [1.82, 2.24) is 0 Å². The van der Waals surface area contributed by atoms with Crippen molar-refractivity contribution < 1.29 is 9.90 Å². The van der Waals surface area contributed by atoms with Gasteiger partial charge in [0, 0.05) is 6.42 Å². The van der Waals surface area contributed by atoms with Crippen LogP contribution in [0.1, 0.15) is 26.7 Å². The Morgan fingerprint density at radius 1 is 1.50 bits per heavy atom. The molecule has 0 spiro atoms. The summed E-state index contributed by atoms with van der Waals surface area (Å²) in [6, 6.07) is 0. The molecule has 0 aliphatic rings. The van der Waals surface area contributed by atoms with Crippen LogP contribution in [0.15, 0.2) is 23.8 Å². The first kappa shape index (κ1) is 11.1. The fraction of sp³-hybridized carbons (Fsp3) is 0.500. The van der Waals surface area contributed by atoms with E-state index in [9.17, 15) is 4.79 Å². The van der Waals surface area contributed by atoms with E-state index in [4.69, 9.17) is 5.11 Å². The predicted molar refractivity (Wildman–Crippen MR) is 49.9 cm³/mol. The van der Waals surface area contributed by atoms with Crippen LogP contribution in [0.25, 0.3) is 0 Å². The molecule has 0 aromatic carbocycles. The van der Waals surface area contributed by atoms with Gasteiger partial charge in [0.1, 0.15) is 0 Å². The van der Waals surface area contributed by atoms with Gasteiger partial charge < -0.3 is 5.11 Å². The molecular formula is C10H16O2. The quantitative estimate of drug-likeness (QED) is 0.502. The van der Waals surface area contributed by atoms with Crippen LogP contribution in [-0.4, -0.2) is 17.5 Å². The van der Waals surface area contributed by atoms with Crippen LogP contribution < -0.4 is 0 Å². The Balaban J connectivity index is 3.97. The SMILES string of the molecule is C=C(C)C/C(C)=C\C(=O)CCO. The van der Waals surface area contributed by atoms with Gasteiger partial charge >= 0.3 is 0 Å². The third-order valence-corrected chi connectivity index (χ3v) is 1.35. The first-order chi connectivity index (χ1) is 5.56. The Kier molecular flexibility index (Phi) is 5.30. The Morgan fingerprint density at radius 2 is 2.08 bits per heavy atom. The van der Waals surface area contributed by atoms with Gasteiger partial charge in [-0.25, -0.2) is 0 Å². The standard InChI is InChI=1S/C10H16O2/c1-8(2)6-9(3)7-10(12)4-5-11/h7,11H,1,4-6H2,2-3H3/b9-7-. The summed E-state index contributed by atoms with van der Waals surface area (Å²) in [5.74, 6) is -0.0174. The molecule has 0 aliphatic heterocycles. The molecule has 0 amide bonds. The van der Waals surface area contributed by atoms with E-state index in [1.807, 2.05) is 13.8 Å². The summed E-state index contributed by atoms with van der Waals surface area (Å²) in [6.07, 6.45) is 2.55. The monoisotopic (exact) mass is 168 g/mol. The van der Waals surface area contributed by atoms with Gasteiger partial charge in [0.05, 0.1) is 6.61 Å². The van der Waals surface area contributed by atoms with Crippen LogP contribution in [-0.2, 0) is 4.79 Å². The third-order valence-electron chi connectivity index (χ3n) is 1.35. The molecule has 0 radical (unpaired) electrons. The summed E-state index contributed by atoms with van der Waals surface area (Å²) >= 11 is 0. The molecule has 0 saturated heterocycles. The number of rotatable bonds is 5. The Morgan fingerprint density at radius 3 is 2.50 bits per heavy atom. The summed E-state index contributed by atoms with van der Waals surface area (Å²) < 4.78 is 0. The first-order valence-corrected chi connectivity index (χ1v) is 4.01. The minimum Gasteiger partial charge on any atom is -0.396 e. The summed E-state index contributed by atoms with van der Waals surface area (Å²) in [6.45, 7) is 7.49. The van der Waals surface area contributed by atoms with E-state index < -0.39 is 0 Å². The van der Waals surface area contributed by atoms with Gasteiger partial charge in [0.25, 0.3) is 0 Å². The summed E-state index contributed by atoms with van der Waals surface area (Å²) in [5, 5.41) is 8.46. The lowest BCUT2D eigenvalue weighted by Gasteiger charge is -1.98. The van der Waals surface area contributed by atoms with Crippen LogP contribution >= 0.6 is 0 Å². The van der Waals surface area contributed by atoms with Crippen molar-refractivity contribution in [1.29, 1.82) is 0 Å². The lowest BCUT2D eigenvalue weighted by atomic mass is 10.1. The topological polar surface area (TPSA) is 37.3 Å². The predicted octanol–water partition coefficient (Wildman–Crippen LogP) is 1.85. The molecule has 0 rings (SSSR count). The fourth-order valence-corrected chi connectivity index (χ4v) is 0.984. The number of ketones is 1. The minimum atomic E-state index is -0.0737. The molecule has 0 saturated carbocycles. The van der Waals surface area contributed by atoms with Crippen LogP contribution in [0, 0.1) is 0 Å².